The molecule has 7 heteroatoms. The fraction of sp³-hybridized carbons (Fsp3) is 0.300. The first kappa shape index (κ1) is 18.9. The van der Waals surface area contributed by atoms with Crippen LogP contribution in [0.25, 0.3) is 6.08 Å². The van der Waals surface area contributed by atoms with Crippen molar-refractivity contribution >= 4 is 6.08 Å². The van der Waals surface area contributed by atoms with Crippen LogP contribution in [0.15, 0.2) is 36.4 Å². The second-order valence-electron chi connectivity index (χ2n) is 5.94. The molecular weight excluding hydrogens is 352 g/mol. The largest absolute Gasteiger partial charge is 0.504 e. The molecule has 0 radical (unpaired) electrons. The summed E-state index contributed by atoms with van der Waals surface area (Å²) in [7, 11) is 2.98. The number of hydrogen-bond acceptors (Lipinski definition) is 7. The summed E-state index contributed by atoms with van der Waals surface area (Å²) in [5, 5.41) is 28.6. The minimum Gasteiger partial charge on any atom is -0.504 e. The summed E-state index contributed by atoms with van der Waals surface area (Å²) in [5.74, 6) is 1.63. The van der Waals surface area contributed by atoms with Gasteiger partial charge in [-0.2, -0.15) is 0 Å². The summed E-state index contributed by atoms with van der Waals surface area (Å²) in [6, 6.07) is 8.35. The molecule has 2 unspecified atom stereocenters. The SMILES string of the molecule is COc1cc(C2Oc3cc(/C=C/CO)cc(OC)c3OC2CO)ccc1O. The molecule has 3 N–H and O–H groups in total. The molecule has 0 amide bonds. The van der Waals surface area contributed by atoms with Crippen molar-refractivity contribution in [2.24, 2.45) is 0 Å². The van der Waals surface area contributed by atoms with Gasteiger partial charge in [0.15, 0.2) is 35.2 Å². The lowest BCUT2D eigenvalue weighted by molar-refractivity contribution is -0.0141. The molecule has 7 nitrogen and oxygen atoms in total. The van der Waals surface area contributed by atoms with E-state index in [2.05, 4.69) is 0 Å². The maximum Gasteiger partial charge on any atom is 0.204 e. The number of aromatic hydroxyl groups is 1. The molecule has 1 heterocycles. The van der Waals surface area contributed by atoms with Crippen molar-refractivity contribution in [1.29, 1.82) is 0 Å². The standard InChI is InChI=1S/C20H22O7/c1-24-15-10-13(5-6-14(15)23)19-18(11-22)27-20-16(25-2)8-12(4-3-7-21)9-17(20)26-19/h3-6,8-10,18-19,21-23H,7,11H2,1-2H3/b4-3+. The van der Waals surface area contributed by atoms with Gasteiger partial charge in [-0.15, -0.1) is 0 Å². The Morgan fingerprint density at radius 2 is 1.81 bits per heavy atom. The average molecular weight is 374 g/mol. The second-order valence-corrected chi connectivity index (χ2v) is 5.94. The van der Waals surface area contributed by atoms with Crippen LogP contribution in [0.5, 0.6) is 28.7 Å². The number of benzene rings is 2. The summed E-state index contributed by atoms with van der Waals surface area (Å²) in [6.45, 7) is -0.359. The molecule has 0 fully saturated rings. The van der Waals surface area contributed by atoms with Crippen LogP contribution in [-0.2, 0) is 0 Å². The predicted molar refractivity (Wildman–Crippen MR) is 98.6 cm³/mol. The van der Waals surface area contributed by atoms with Gasteiger partial charge in [0, 0.05) is 5.56 Å². The molecular formula is C20H22O7. The first-order chi connectivity index (χ1) is 13.1. The third-order valence-electron chi connectivity index (χ3n) is 4.25. The highest BCUT2D eigenvalue weighted by atomic mass is 16.6. The zero-order chi connectivity index (χ0) is 19.4. The van der Waals surface area contributed by atoms with E-state index in [0.29, 0.717) is 28.6 Å². The number of aliphatic hydroxyl groups is 2. The third-order valence-corrected chi connectivity index (χ3v) is 4.25. The van der Waals surface area contributed by atoms with Crippen molar-refractivity contribution in [3.8, 4) is 28.7 Å². The van der Waals surface area contributed by atoms with E-state index in [4.69, 9.17) is 24.1 Å². The van der Waals surface area contributed by atoms with Gasteiger partial charge in [0.1, 0.15) is 0 Å². The number of fused-ring (bicyclic) bond motifs is 1. The van der Waals surface area contributed by atoms with E-state index in [1.807, 2.05) is 0 Å². The Labute approximate surface area is 157 Å². The van der Waals surface area contributed by atoms with E-state index in [1.54, 1.807) is 36.4 Å². The van der Waals surface area contributed by atoms with Crippen LogP contribution < -0.4 is 18.9 Å². The lowest BCUT2D eigenvalue weighted by Gasteiger charge is -2.34. The van der Waals surface area contributed by atoms with Crippen LogP contribution in [0, 0.1) is 0 Å². The van der Waals surface area contributed by atoms with Crippen molar-refractivity contribution in [1.82, 2.24) is 0 Å². The van der Waals surface area contributed by atoms with Gasteiger partial charge in [-0.25, -0.2) is 0 Å². The normalized spacial score (nSPS) is 18.5. The lowest BCUT2D eigenvalue weighted by atomic mass is 10.0. The van der Waals surface area contributed by atoms with E-state index in [1.165, 1.54) is 20.3 Å². The van der Waals surface area contributed by atoms with Gasteiger partial charge in [-0.3, -0.25) is 0 Å². The number of aliphatic hydroxyl groups excluding tert-OH is 2. The zero-order valence-corrected chi connectivity index (χ0v) is 15.1. The van der Waals surface area contributed by atoms with Crippen LogP contribution in [0.4, 0.5) is 0 Å². The van der Waals surface area contributed by atoms with Crippen molar-refractivity contribution in [3.05, 3.63) is 47.5 Å². The lowest BCUT2D eigenvalue weighted by Crippen LogP contribution is -2.36. The maximum absolute atomic E-state index is 9.81. The summed E-state index contributed by atoms with van der Waals surface area (Å²) in [5.41, 5.74) is 1.46. The highest BCUT2D eigenvalue weighted by Crippen LogP contribution is 2.47. The molecule has 3 rings (SSSR count). The van der Waals surface area contributed by atoms with E-state index in [0.717, 1.165) is 5.56 Å². The summed E-state index contributed by atoms with van der Waals surface area (Å²) < 4.78 is 22.6. The first-order valence-corrected chi connectivity index (χ1v) is 8.41. The molecule has 1 aliphatic heterocycles. The van der Waals surface area contributed by atoms with Crippen molar-refractivity contribution in [3.63, 3.8) is 0 Å². The quantitative estimate of drug-likeness (QED) is 0.714. The maximum atomic E-state index is 9.81. The number of rotatable bonds is 6. The fourth-order valence-electron chi connectivity index (χ4n) is 2.95. The zero-order valence-electron chi connectivity index (χ0n) is 15.1. The van der Waals surface area contributed by atoms with Crippen LogP contribution in [-0.4, -0.2) is 48.9 Å². The van der Waals surface area contributed by atoms with Crippen LogP contribution in [0.3, 0.4) is 0 Å². The summed E-state index contributed by atoms with van der Waals surface area (Å²) in [6.07, 6.45) is 2.06. The number of methoxy groups -OCH3 is 2. The van der Waals surface area contributed by atoms with Crippen molar-refractivity contribution < 1.29 is 34.3 Å². The molecule has 0 aromatic heterocycles. The van der Waals surface area contributed by atoms with E-state index >= 15 is 0 Å². The van der Waals surface area contributed by atoms with E-state index < -0.39 is 12.2 Å². The smallest absolute Gasteiger partial charge is 0.204 e. The first-order valence-electron chi connectivity index (χ1n) is 8.41. The number of phenols is 1. The minimum absolute atomic E-state index is 0.0111. The fourth-order valence-corrected chi connectivity index (χ4v) is 2.95. The molecule has 0 bridgehead atoms. The Bertz CT molecular complexity index is 831. The third kappa shape index (κ3) is 3.79. The monoisotopic (exact) mass is 374 g/mol. The molecule has 2 atom stereocenters. The Balaban J connectivity index is 2.02. The van der Waals surface area contributed by atoms with Crippen molar-refractivity contribution in [2.75, 3.05) is 27.4 Å². The number of hydrogen-bond donors (Lipinski definition) is 3. The molecule has 27 heavy (non-hydrogen) atoms. The molecule has 0 saturated carbocycles. The Morgan fingerprint density at radius 3 is 2.48 bits per heavy atom. The Kier molecular flexibility index (Phi) is 5.73. The van der Waals surface area contributed by atoms with Gasteiger partial charge in [-0.05, 0) is 29.8 Å². The van der Waals surface area contributed by atoms with Crippen LogP contribution >= 0.6 is 0 Å². The molecule has 0 spiro atoms. The molecule has 1 aliphatic rings. The minimum atomic E-state index is -0.667. The van der Waals surface area contributed by atoms with Crippen LogP contribution in [0.1, 0.15) is 17.2 Å². The number of ether oxygens (including phenoxy) is 4. The van der Waals surface area contributed by atoms with Crippen LogP contribution in [0.2, 0.25) is 0 Å². The Morgan fingerprint density at radius 1 is 1.04 bits per heavy atom. The number of phenolic OH excluding ortho intramolecular Hbond substituents is 1. The molecule has 0 saturated heterocycles. The van der Waals surface area contributed by atoms with Gasteiger partial charge in [-0.1, -0.05) is 18.2 Å². The van der Waals surface area contributed by atoms with Gasteiger partial charge in [0.25, 0.3) is 0 Å². The van der Waals surface area contributed by atoms with Crippen molar-refractivity contribution in [2.45, 2.75) is 12.2 Å². The second kappa shape index (κ2) is 8.20. The molecule has 0 aliphatic carbocycles. The van der Waals surface area contributed by atoms with E-state index in [-0.39, 0.29) is 19.0 Å². The highest BCUT2D eigenvalue weighted by molar-refractivity contribution is 5.63. The molecule has 2 aromatic rings. The van der Waals surface area contributed by atoms with E-state index in [9.17, 15) is 10.2 Å². The molecule has 2 aromatic carbocycles. The van der Waals surface area contributed by atoms with Gasteiger partial charge in [0.05, 0.1) is 27.4 Å². The highest BCUT2D eigenvalue weighted by Gasteiger charge is 2.35. The van der Waals surface area contributed by atoms with Gasteiger partial charge in [0.2, 0.25) is 5.75 Å². The summed E-state index contributed by atoms with van der Waals surface area (Å²) in [4.78, 5) is 0. The summed E-state index contributed by atoms with van der Waals surface area (Å²) >= 11 is 0. The predicted octanol–water partition coefficient (Wildman–Crippen LogP) is 2.29. The molecule has 144 valence electrons. The average Bonchev–Trinajstić information content (AvgIpc) is 2.70. The van der Waals surface area contributed by atoms with Gasteiger partial charge >= 0.3 is 0 Å². The Hall–Kier alpha value is -2.90. The van der Waals surface area contributed by atoms with Gasteiger partial charge < -0.3 is 34.3 Å². The topological polar surface area (TPSA) is 97.6 Å².